The second kappa shape index (κ2) is 4.63. The Hall–Kier alpha value is -1.39. The zero-order valence-corrected chi connectivity index (χ0v) is 9.77. The Balaban J connectivity index is 2.89. The predicted octanol–water partition coefficient (Wildman–Crippen LogP) is 0.881. The van der Waals surface area contributed by atoms with Crippen molar-refractivity contribution in [3.63, 3.8) is 0 Å². The summed E-state index contributed by atoms with van der Waals surface area (Å²) in [4.78, 5) is 35.4. The number of amides is 2. The first-order valence-corrected chi connectivity index (χ1v) is 5.48. The SMILES string of the molecule is CCC(CC(=O)O)N1C(=O)C(C)C(C)C1=O. The molecule has 1 heterocycles. The van der Waals surface area contributed by atoms with Gasteiger partial charge in [-0.15, -0.1) is 0 Å². The summed E-state index contributed by atoms with van der Waals surface area (Å²) < 4.78 is 0. The van der Waals surface area contributed by atoms with Crippen LogP contribution in [0.4, 0.5) is 0 Å². The first-order chi connectivity index (χ1) is 7.40. The van der Waals surface area contributed by atoms with Gasteiger partial charge in [0.15, 0.2) is 0 Å². The highest BCUT2D eigenvalue weighted by Crippen LogP contribution is 2.28. The fourth-order valence-electron chi connectivity index (χ4n) is 1.95. The average Bonchev–Trinajstić information content (AvgIpc) is 2.41. The Morgan fingerprint density at radius 2 is 1.75 bits per heavy atom. The number of hydrogen-bond donors (Lipinski definition) is 1. The van der Waals surface area contributed by atoms with Crippen molar-refractivity contribution in [2.75, 3.05) is 0 Å². The predicted molar refractivity (Wildman–Crippen MR) is 56.5 cm³/mol. The lowest BCUT2D eigenvalue weighted by Crippen LogP contribution is -2.41. The van der Waals surface area contributed by atoms with Crippen LogP contribution in [-0.4, -0.2) is 33.8 Å². The van der Waals surface area contributed by atoms with E-state index in [0.29, 0.717) is 6.42 Å². The molecule has 5 nitrogen and oxygen atoms in total. The van der Waals surface area contributed by atoms with E-state index in [1.165, 1.54) is 0 Å². The summed E-state index contributed by atoms with van der Waals surface area (Å²) >= 11 is 0. The molecule has 0 aliphatic carbocycles. The maximum Gasteiger partial charge on any atom is 0.305 e. The normalized spacial score (nSPS) is 27.3. The standard InChI is InChI=1S/C11H17NO4/c1-4-8(5-9(13)14)12-10(15)6(2)7(3)11(12)16/h6-8H,4-5H2,1-3H3,(H,13,14). The summed E-state index contributed by atoms with van der Waals surface area (Å²) in [6, 6.07) is -0.509. The van der Waals surface area contributed by atoms with Gasteiger partial charge in [-0.2, -0.15) is 0 Å². The lowest BCUT2D eigenvalue weighted by Gasteiger charge is -2.24. The van der Waals surface area contributed by atoms with E-state index >= 15 is 0 Å². The number of carbonyl (C=O) groups is 3. The van der Waals surface area contributed by atoms with Crippen molar-refractivity contribution in [1.82, 2.24) is 4.90 Å². The van der Waals surface area contributed by atoms with Gasteiger partial charge in [-0.05, 0) is 6.42 Å². The third-order valence-corrected chi connectivity index (χ3v) is 3.25. The third kappa shape index (κ3) is 2.08. The molecule has 0 saturated carbocycles. The maximum absolute atomic E-state index is 11.8. The van der Waals surface area contributed by atoms with Gasteiger partial charge in [0.05, 0.1) is 6.42 Å². The van der Waals surface area contributed by atoms with Gasteiger partial charge >= 0.3 is 5.97 Å². The number of hydrogen-bond acceptors (Lipinski definition) is 3. The Kier molecular flexibility index (Phi) is 3.67. The molecular weight excluding hydrogens is 210 g/mol. The second-order valence-electron chi connectivity index (χ2n) is 4.28. The lowest BCUT2D eigenvalue weighted by atomic mass is 10.00. The van der Waals surface area contributed by atoms with E-state index in [0.717, 1.165) is 4.90 Å². The molecule has 0 aromatic heterocycles. The number of carboxylic acid groups (broad SMARTS) is 1. The summed E-state index contributed by atoms with van der Waals surface area (Å²) in [7, 11) is 0. The van der Waals surface area contributed by atoms with E-state index in [9.17, 15) is 14.4 Å². The third-order valence-electron chi connectivity index (χ3n) is 3.25. The summed E-state index contributed by atoms with van der Waals surface area (Å²) in [5.41, 5.74) is 0. The minimum Gasteiger partial charge on any atom is -0.481 e. The summed E-state index contributed by atoms with van der Waals surface area (Å²) in [5.74, 6) is -2.15. The molecule has 1 aliphatic heterocycles. The molecular formula is C11H17NO4. The van der Waals surface area contributed by atoms with Crippen LogP contribution in [0.5, 0.6) is 0 Å². The van der Waals surface area contributed by atoms with Crippen LogP contribution in [0.3, 0.4) is 0 Å². The molecule has 1 rings (SSSR count). The van der Waals surface area contributed by atoms with Crippen LogP contribution >= 0.6 is 0 Å². The van der Waals surface area contributed by atoms with Crippen LogP contribution in [0, 0.1) is 11.8 Å². The van der Waals surface area contributed by atoms with Crippen LogP contribution in [0.2, 0.25) is 0 Å². The zero-order chi connectivity index (χ0) is 12.5. The topological polar surface area (TPSA) is 74.7 Å². The van der Waals surface area contributed by atoms with E-state index < -0.39 is 12.0 Å². The minimum absolute atomic E-state index is 0.173. The van der Waals surface area contributed by atoms with Crippen molar-refractivity contribution < 1.29 is 19.5 Å². The highest BCUT2D eigenvalue weighted by molar-refractivity contribution is 6.05. The molecule has 3 unspecified atom stereocenters. The Morgan fingerprint density at radius 1 is 1.31 bits per heavy atom. The van der Waals surface area contributed by atoms with Gasteiger partial charge in [0.25, 0.3) is 0 Å². The van der Waals surface area contributed by atoms with E-state index in [-0.39, 0.29) is 30.1 Å². The monoisotopic (exact) mass is 227 g/mol. The second-order valence-corrected chi connectivity index (χ2v) is 4.28. The van der Waals surface area contributed by atoms with Gasteiger partial charge in [0.1, 0.15) is 0 Å². The molecule has 1 saturated heterocycles. The first kappa shape index (κ1) is 12.7. The lowest BCUT2D eigenvalue weighted by molar-refractivity contribution is -0.145. The van der Waals surface area contributed by atoms with Crippen LogP contribution < -0.4 is 0 Å². The van der Waals surface area contributed by atoms with Crippen LogP contribution in [0.1, 0.15) is 33.6 Å². The molecule has 0 bridgehead atoms. The molecule has 0 radical (unpaired) electrons. The van der Waals surface area contributed by atoms with Crippen molar-refractivity contribution in [2.24, 2.45) is 11.8 Å². The Bertz CT molecular complexity index is 306. The van der Waals surface area contributed by atoms with E-state index in [4.69, 9.17) is 5.11 Å². The maximum atomic E-state index is 11.8. The quantitative estimate of drug-likeness (QED) is 0.723. The van der Waals surface area contributed by atoms with Gasteiger partial charge in [-0.3, -0.25) is 19.3 Å². The van der Waals surface area contributed by atoms with Gasteiger partial charge in [0, 0.05) is 17.9 Å². The molecule has 2 amide bonds. The molecule has 90 valence electrons. The fraction of sp³-hybridized carbons (Fsp3) is 0.727. The summed E-state index contributed by atoms with van der Waals surface area (Å²) in [5, 5.41) is 8.73. The minimum atomic E-state index is -0.986. The van der Waals surface area contributed by atoms with Crippen LogP contribution in [0.25, 0.3) is 0 Å². The van der Waals surface area contributed by atoms with Crippen molar-refractivity contribution in [3.05, 3.63) is 0 Å². The number of aliphatic carboxylic acids is 1. The Morgan fingerprint density at radius 3 is 2.06 bits per heavy atom. The molecule has 0 aromatic rings. The van der Waals surface area contributed by atoms with Gasteiger partial charge in [0.2, 0.25) is 11.8 Å². The first-order valence-electron chi connectivity index (χ1n) is 5.48. The number of rotatable bonds is 4. The highest BCUT2D eigenvalue weighted by Gasteiger charge is 2.45. The molecule has 0 aromatic carbocycles. The summed E-state index contributed by atoms with van der Waals surface area (Å²) in [6.45, 7) is 5.19. The van der Waals surface area contributed by atoms with Crippen molar-refractivity contribution in [2.45, 2.75) is 39.7 Å². The molecule has 5 heteroatoms. The smallest absolute Gasteiger partial charge is 0.305 e. The van der Waals surface area contributed by atoms with Gasteiger partial charge in [-0.1, -0.05) is 20.8 Å². The van der Waals surface area contributed by atoms with Crippen molar-refractivity contribution in [3.8, 4) is 0 Å². The highest BCUT2D eigenvalue weighted by atomic mass is 16.4. The fourth-order valence-corrected chi connectivity index (χ4v) is 1.95. The number of likely N-dealkylation sites (tertiary alicyclic amines) is 1. The zero-order valence-electron chi connectivity index (χ0n) is 9.77. The van der Waals surface area contributed by atoms with Gasteiger partial charge < -0.3 is 5.11 Å². The van der Waals surface area contributed by atoms with Gasteiger partial charge in [-0.25, -0.2) is 0 Å². The summed E-state index contributed by atoms with van der Waals surface area (Å²) in [6.07, 6.45) is 0.302. The number of nitrogens with zero attached hydrogens (tertiary/aromatic N) is 1. The van der Waals surface area contributed by atoms with Crippen LogP contribution in [-0.2, 0) is 14.4 Å². The van der Waals surface area contributed by atoms with Crippen LogP contribution in [0.15, 0.2) is 0 Å². The Labute approximate surface area is 94.4 Å². The molecule has 3 atom stereocenters. The molecule has 0 spiro atoms. The van der Waals surface area contributed by atoms with Crippen molar-refractivity contribution >= 4 is 17.8 Å². The average molecular weight is 227 g/mol. The molecule has 1 fully saturated rings. The molecule has 16 heavy (non-hydrogen) atoms. The number of imide groups is 1. The van der Waals surface area contributed by atoms with E-state index in [1.807, 2.05) is 0 Å². The molecule has 1 N–H and O–H groups in total. The van der Waals surface area contributed by atoms with E-state index in [1.54, 1.807) is 20.8 Å². The van der Waals surface area contributed by atoms with E-state index in [2.05, 4.69) is 0 Å². The van der Waals surface area contributed by atoms with Crippen molar-refractivity contribution in [1.29, 1.82) is 0 Å². The number of carbonyl (C=O) groups excluding carboxylic acids is 2. The largest absolute Gasteiger partial charge is 0.481 e. The number of carboxylic acids is 1. The molecule has 1 aliphatic rings.